The Morgan fingerprint density at radius 2 is 2.22 bits per heavy atom. The van der Waals surface area contributed by atoms with Gasteiger partial charge in [-0.1, -0.05) is 6.07 Å². The van der Waals surface area contributed by atoms with Crippen molar-refractivity contribution in [2.24, 2.45) is 5.92 Å². The van der Waals surface area contributed by atoms with Gasteiger partial charge in [-0.25, -0.2) is 9.97 Å². The zero-order chi connectivity index (χ0) is 15.9. The van der Waals surface area contributed by atoms with Crippen LogP contribution in [-0.4, -0.2) is 33.5 Å². The Morgan fingerprint density at radius 3 is 3.00 bits per heavy atom. The van der Waals surface area contributed by atoms with E-state index in [-0.39, 0.29) is 5.91 Å². The van der Waals surface area contributed by atoms with Crippen molar-refractivity contribution in [3.63, 3.8) is 0 Å². The second-order valence-corrected chi connectivity index (χ2v) is 5.96. The number of imidazole rings is 1. The third kappa shape index (κ3) is 4.39. The van der Waals surface area contributed by atoms with Gasteiger partial charge >= 0.3 is 0 Å². The van der Waals surface area contributed by atoms with Gasteiger partial charge in [0.05, 0.1) is 0 Å². The lowest BCUT2D eigenvalue weighted by Crippen LogP contribution is -2.29. The molecule has 2 N–H and O–H groups in total. The number of rotatable bonds is 6. The van der Waals surface area contributed by atoms with Gasteiger partial charge in [0.2, 0.25) is 5.91 Å². The van der Waals surface area contributed by atoms with E-state index in [1.807, 2.05) is 22.9 Å². The van der Waals surface area contributed by atoms with Crippen LogP contribution in [0.3, 0.4) is 0 Å². The van der Waals surface area contributed by atoms with E-state index >= 15 is 0 Å². The molecule has 0 radical (unpaired) electrons. The van der Waals surface area contributed by atoms with Crippen LogP contribution in [0.15, 0.2) is 37.1 Å². The predicted molar refractivity (Wildman–Crippen MR) is 88.0 cm³/mol. The summed E-state index contributed by atoms with van der Waals surface area (Å²) in [6.45, 7) is 2.65. The summed E-state index contributed by atoms with van der Waals surface area (Å²) in [5, 5.41) is 6.37. The molecule has 0 unspecified atom stereocenters. The first-order valence-corrected chi connectivity index (χ1v) is 8.22. The summed E-state index contributed by atoms with van der Waals surface area (Å²) in [6.07, 6.45) is 11.0. The van der Waals surface area contributed by atoms with Crippen LogP contribution >= 0.6 is 0 Å². The second kappa shape index (κ2) is 7.87. The SMILES string of the molecule is O=C(CCC1CCNCC1)NCc1cccnc1-n1ccnc1. The molecule has 1 fully saturated rings. The highest BCUT2D eigenvalue weighted by Gasteiger charge is 2.14. The van der Waals surface area contributed by atoms with E-state index < -0.39 is 0 Å². The normalized spacial score (nSPS) is 15.5. The molecular formula is C17H23N5O. The molecule has 1 amide bonds. The quantitative estimate of drug-likeness (QED) is 0.851. The molecule has 0 aromatic carbocycles. The van der Waals surface area contributed by atoms with Crippen molar-refractivity contribution in [3.8, 4) is 5.82 Å². The number of carbonyl (C=O) groups excluding carboxylic acids is 1. The highest BCUT2D eigenvalue weighted by molar-refractivity contribution is 5.75. The van der Waals surface area contributed by atoms with Gasteiger partial charge in [-0.15, -0.1) is 0 Å². The molecule has 1 aliphatic heterocycles. The van der Waals surface area contributed by atoms with Crippen molar-refractivity contribution < 1.29 is 4.79 Å². The fourth-order valence-corrected chi connectivity index (χ4v) is 2.97. The first-order valence-electron chi connectivity index (χ1n) is 8.22. The fourth-order valence-electron chi connectivity index (χ4n) is 2.97. The van der Waals surface area contributed by atoms with Crippen molar-refractivity contribution in [1.29, 1.82) is 0 Å². The molecule has 3 rings (SSSR count). The summed E-state index contributed by atoms with van der Waals surface area (Å²) in [4.78, 5) is 20.5. The molecule has 2 aromatic rings. The van der Waals surface area contributed by atoms with Gasteiger partial charge in [0, 0.05) is 37.1 Å². The Kier molecular flexibility index (Phi) is 5.37. The van der Waals surface area contributed by atoms with Gasteiger partial charge in [-0.3, -0.25) is 9.36 Å². The third-order valence-corrected chi connectivity index (χ3v) is 4.33. The lowest BCUT2D eigenvalue weighted by molar-refractivity contribution is -0.121. The molecule has 1 saturated heterocycles. The number of hydrogen-bond acceptors (Lipinski definition) is 4. The van der Waals surface area contributed by atoms with E-state index in [9.17, 15) is 4.79 Å². The number of carbonyl (C=O) groups is 1. The Morgan fingerprint density at radius 1 is 1.35 bits per heavy atom. The van der Waals surface area contributed by atoms with E-state index in [0.29, 0.717) is 18.9 Å². The van der Waals surface area contributed by atoms with Crippen LogP contribution in [0.1, 0.15) is 31.2 Å². The van der Waals surface area contributed by atoms with Crippen LogP contribution < -0.4 is 10.6 Å². The van der Waals surface area contributed by atoms with Crippen LogP contribution in [-0.2, 0) is 11.3 Å². The number of hydrogen-bond donors (Lipinski definition) is 2. The van der Waals surface area contributed by atoms with Crippen LogP contribution in [0.25, 0.3) is 5.82 Å². The minimum Gasteiger partial charge on any atom is -0.352 e. The van der Waals surface area contributed by atoms with Gasteiger partial charge in [-0.05, 0) is 44.3 Å². The zero-order valence-electron chi connectivity index (χ0n) is 13.2. The monoisotopic (exact) mass is 313 g/mol. The van der Waals surface area contributed by atoms with Crippen LogP contribution in [0.5, 0.6) is 0 Å². The Balaban J connectivity index is 1.51. The molecule has 3 heterocycles. The molecule has 0 atom stereocenters. The summed E-state index contributed by atoms with van der Waals surface area (Å²) >= 11 is 0. The molecule has 0 spiro atoms. The zero-order valence-corrected chi connectivity index (χ0v) is 13.2. The van der Waals surface area contributed by atoms with Crippen molar-refractivity contribution in [3.05, 3.63) is 42.6 Å². The fraction of sp³-hybridized carbons (Fsp3) is 0.471. The lowest BCUT2D eigenvalue weighted by atomic mass is 9.93. The van der Waals surface area contributed by atoms with Gasteiger partial charge in [0.1, 0.15) is 12.1 Å². The largest absolute Gasteiger partial charge is 0.352 e. The first kappa shape index (κ1) is 15.7. The Labute approximate surface area is 136 Å². The molecule has 2 aromatic heterocycles. The third-order valence-electron chi connectivity index (χ3n) is 4.33. The Bertz CT molecular complexity index is 620. The van der Waals surface area contributed by atoms with E-state index in [1.165, 1.54) is 12.8 Å². The standard InChI is InChI=1S/C17H23N5O/c23-16(4-3-14-5-8-18-9-6-14)21-12-15-2-1-7-20-17(15)22-11-10-19-13-22/h1-2,7,10-11,13-14,18H,3-6,8-9,12H2,(H,21,23). The summed E-state index contributed by atoms with van der Waals surface area (Å²) in [5.41, 5.74) is 0.987. The lowest BCUT2D eigenvalue weighted by Gasteiger charge is -2.22. The maximum absolute atomic E-state index is 12.1. The van der Waals surface area contributed by atoms with E-state index in [0.717, 1.165) is 30.9 Å². The second-order valence-electron chi connectivity index (χ2n) is 5.96. The highest BCUT2D eigenvalue weighted by atomic mass is 16.1. The van der Waals surface area contributed by atoms with Gasteiger partial charge in [0.15, 0.2) is 0 Å². The van der Waals surface area contributed by atoms with E-state index in [2.05, 4.69) is 20.6 Å². The van der Waals surface area contributed by atoms with Crippen LogP contribution in [0.2, 0.25) is 0 Å². The molecule has 1 aliphatic rings. The van der Waals surface area contributed by atoms with Gasteiger partial charge < -0.3 is 10.6 Å². The van der Waals surface area contributed by atoms with Crippen LogP contribution in [0.4, 0.5) is 0 Å². The molecule has 6 heteroatoms. The van der Waals surface area contributed by atoms with Crippen molar-refractivity contribution in [2.75, 3.05) is 13.1 Å². The van der Waals surface area contributed by atoms with Crippen molar-refractivity contribution in [2.45, 2.75) is 32.2 Å². The maximum atomic E-state index is 12.1. The summed E-state index contributed by atoms with van der Waals surface area (Å²) in [5.74, 6) is 1.61. The topological polar surface area (TPSA) is 71.8 Å². The summed E-state index contributed by atoms with van der Waals surface area (Å²) in [6, 6.07) is 3.87. The Hall–Kier alpha value is -2.21. The number of nitrogens with zero attached hydrogens (tertiary/aromatic N) is 3. The minimum absolute atomic E-state index is 0.115. The average Bonchev–Trinajstić information content (AvgIpc) is 3.14. The smallest absolute Gasteiger partial charge is 0.220 e. The number of piperidine rings is 1. The molecule has 122 valence electrons. The molecule has 6 nitrogen and oxygen atoms in total. The number of aromatic nitrogens is 3. The van der Waals surface area contributed by atoms with Crippen molar-refractivity contribution >= 4 is 5.91 Å². The molecule has 23 heavy (non-hydrogen) atoms. The minimum atomic E-state index is 0.115. The molecule has 0 saturated carbocycles. The molecular weight excluding hydrogens is 290 g/mol. The van der Waals surface area contributed by atoms with E-state index in [4.69, 9.17) is 0 Å². The predicted octanol–water partition coefficient (Wildman–Crippen LogP) is 1.66. The summed E-state index contributed by atoms with van der Waals surface area (Å²) in [7, 11) is 0. The van der Waals surface area contributed by atoms with Gasteiger partial charge in [0.25, 0.3) is 0 Å². The molecule has 0 bridgehead atoms. The number of pyridine rings is 1. The van der Waals surface area contributed by atoms with Gasteiger partial charge in [-0.2, -0.15) is 0 Å². The number of nitrogens with one attached hydrogen (secondary N) is 2. The highest BCUT2D eigenvalue weighted by Crippen LogP contribution is 2.17. The maximum Gasteiger partial charge on any atom is 0.220 e. The average molecular weight is 313 g/mol. The number of amides is 1. The summed E-state index contributed by atoms with van der Waals surface area (Å²) < 4.78 is 1.86. The molecule has 0 aliphatic carbocycles. The van der Waals surface area contributed by atoms with Crippen LogP contribution in [0, 0.1) is 5.92 Å². The van der Waals surface area contributed by atoms with Crippen molar-refractivity contribution in [1.82, 2.24) is 25.2 Å². The first-order chi connectivity index (χ1) is 11.3. The van der Waals surface area contributed by atoms with E-state index in [1.54, 1.807) is 18.7 Å².